The Bertz CT molecular complexity index is 734. The van der Waals surface area contributed by atoms with Crippen LogP contribution in [0.2, 0.25) is 0 Å². The van der Waals surface area contributed by atoms with Crippen LogP contribution in [0.1, 0.15) is 48.4 Å². The summed E-state index contributed by atoms with van der Waals surface area (Å²) in [5.74, 6) is 0.986. The van der Waals surface area contributed by atoms with Crippen molar-refractivity contribution in [2.24, 2.45) is 0 Å². The molecule has 2 aromatic rings. The molecule has 1 atom stereocenters. The Hall–Kier alpha value is -2.33. The minimum Gasteiger partial charge on any atom is -0.497 e. The second-order valence-corrected chi connectivity index (χ2v) is 7.68. The maximum atomic E-state index is 12.5. The third kappa shape index (κ3) is 5.83. The number of aryl methyl sites for hydroxylation is 2. The molecule has 28 heavy (non-hydrogen) atoms. The molecule has 1 aliphatic heterocycles. The summed E-state index contributed by atoms with van der Waals surface area (Å²) >= 11 is 0. The van der Waals surface area contributed by atoms with Crippen LogP contribution in [0.5, 0.6) is 5.75 Å². The first-order valence-corrected chi connectivity index (χ1v) is 10.4. The third-order valence-electron chi connectivity index (χ3n) is 5.59. The first-order valence-electron chi connectivity index (χ1n) is 10.4. The van der Waals surface area contributed by atoms with Gasteiger partial charge in [-0.2, -0.15) is 0 Å². The highest BCUT2D eigenvalue weighted by molar-refractivity contribution is 5.76. The topological polar surface area (TPSA) is 41.6 Å². The van der Waals surface area contributed by atoms with Gasteiger partial charge in [0.2, 0.25) is 5.91 Å². The fraction of sp³-hybridized carbons (Fsp3) is 0.458. The number of ether oxygens (including phenoxy) is 1. The van der Waals surface area contributed by atoms with Crippen LogP contribution in [0, 0.1) is 6.92 Å². The van der Waals surface area contributed by atoms with Gasteiger partial charge in [0.25, 0.3) is 0 Å². The number of carbonyl (C=O) groups is 1. The van der Waals surface area contributed by atoms with Crippen LogP contribution in [0.4, 0.5) is 0 Å². The highest BCUT2D eigenvalue weighted by Crippen LogP contribution is 2.26. The van der Waals surface area contributed by atoms with Crippen molar-refractivity contribution in [1.29, 1.82) is 0 Å². The van der Waals surface area contributed by atoms with Gasteiger partial charge in [-0.3, -0.25) is 9.69 Å². The van der Waals surface area contributed by atoms with Crippen LogP contribution >= 0.6 is 0 Å². The number of benzene rings is 2. The van der Waals surface area contributed by atoms with E-state index in [1.807, 2.05) is 12.1 Å². The molecule has 0 spiro atoms. The van der Waals surface area contributed by atoms with E-state index in [1.54, 1.807) is 7.11 Å². The minimum absolute atomic E-state index is 0.121. The summed E-state index contributed by atoms with van der Waals surface area (Å²) in [6, 6.07) is 16.9. The summed E-state index contributed by atoms with van der Waals surface area (Å²) in [5, 5.41) is 3.18. The number of amides is 1. The number of rotatable bonds is 8. The molecule has 1 unspecified atom stereocenters. The summed E-state index contributed by atoms with van der Waals surface area (Å²) in [6.45, 7) is 4.92. The van der Waals surface area contributed by atoms with Gasteiger partial charge in [-0.15, -0.1) is 0 Å². The van der Waals surface area contributed by atoms with E-state index in [0.29, 0.717) is 13.0 Å². The monoisotopic (exact) mass is 380 g/mol. The van der Waals surface area contributed by atoms with E-state index >= 15 is 0 Å². The summed E-state index contributed by atoms with van der Waals surface area (Å²) < 4.78 is 5.29. The van der Waals surface area contributed by atoms with Crippen molar-refractivity contribution in [2.75, 3.05) is 26.7 Å². The first-order chi connectivity index (χ1) is 13.7. The lowest BCUT2D eigenvalue weighted by Crippen LogP contribution is -2.40. The molecule has 0 saturated carbocycles. The van der Waals surface area contributed by atoms with Gasteiger partial charge in [-0.1, -0.05) is 48.4 Å². The zero-order chi connectivity index (χ0) is 19.8. The average Bonchev–Trinajstić information content (AvgIpc) is 2.74. The van der Waals surface area contributed by atoms with Crippen LogP contribution in [0.3, 0.4) is 0 Å². The second kappa shape index (κ2) is 10.3. The van der Waals surface area contributed by atoms with Gasteiger partial charge in [0.15, 0.2) is 0 Å². The molecule has 1 fully saturated rings. The molecule has 1 saturated heterocycles. The maximum Gasteiger partial charge on any atom is 0.220 e. The van der Waals surface area contributed by atoms with Crippen molar-refractivity contribution < 1.29 is 9.53 Å². The lowest BCUT2D eigenvalue weighted by molar-refractivity contribution is -0.121. The van der Waals surface area contributed by atoms with Crippen LogP contribution in [-0.2, 0) is 11.2 Å². The van der Waals surface area contributed by atoms with Crippen molar-refractivity contribution in [3.8, 4) is 5.75 Å². The van der Waals surface area contributed by atoms with Gasteiger partial charge in [0.1, 0.15) is 5.75 Å². The average molecular weight is 381 g/mol. The van der Waals surface area contributed by atoms with Crippen LogP contribution in [0.15, 0.2) is 48.5 Å². The molecule has 0 bridgehead atoms. The number of hydrogen-bond donors (Lipinski definition) is 1. The summed E-state index contributed by atoms with van der Waals surface area (Å²) in [6.07, 6.45) is 5.07. The molecule has 150 valence electrons. The predicted octanol–water partition coefficient (Wildman–Crippen LogP) is 4.28. The van der Waals surface area contributed by atoms with E-state index in [-0.39, 0.29) is 11.9 Å². The molecule has 0 aromatic heterocycles. The van der Waals surface area contributed by atoms with Crippen molar-refractivity contribution in [3.63, 3.8) is 0 Å². The van der Waals surface area contributed by atoms with Gasteiger partial charge < -0.3 is 10.1 Å². The van der Waals surface area contributed by atoms with Crippen molar-refractivity contribution in [2.45, 2.75) is 45.1 Å². The number of methoxy groups -OCH3 is 1. The number of nitrogens with zero attached hydrogens (tertiary/aromatic N) is 1. The normalized spacial score (nSPS) is 15.8. The molecular weight excluding hydrogens is 348 g/mol. The highest BCUT2D eigenvalue weighted by atomic mass is 16.5. The van der Waals surface area contributed by atoms with Crippen LogP contribution in [0.25, 0.3) is 0 Å². The smallest absolute Gasteiger partial charge is 0.220 e. The second-order valence-electron chi connectivity index (χ2n) is 7.68. The molecule has 0 radical (unpaired) electrons. The summed E-state index contributed by atoms with van der Waals surface area (Å²) in [4.78, 5) is 15.0. The van der Waals surface area contributed by atoms with Crippen LogP contribution < -0.4 is 10.1 Å². The number of carbonyl (C=O) groups excluding carboxylic acids is 1. The van der Waals surface area contributed by atoms with Gasteiger partial charge >= 0.3 is 0 Å². The maximum absolute atomic E-state index is 12.5. The molecule has 1 heterocycles. The molecule has 1 aliphatic rings. The molecule has 1 amide bonds. The number of nitrogens with one attached hydrogen (secondary N) is 1. The molecule has 3 rings (SSSR count). The van der Waals surface area contributed by atoms with Crippen LogP contribution in [-0.4, -0.2) is 37.6 Å². The number of hydrogen-bond acceptors (Lipinski definition) is 3. The van der Waals surface area contributed by atoms with Crippen molar-refractivity contribution in [3.05, 3.63) is 65.2 Å². The molecule has 0 aliphatic carbocycles. The summed E-state index contributed by atoms with van der Waals surface area (Å²) in [5.41, 5.74) is 3.70. The first kappa shape index (κ1) is 20.4. The lowest BCUT2D eigenvalue weighted by atomic mass is 10.0. The SMILES string of the molecule is COc1ccc(C(CNC(=O)CCc2ccc(C)cc2)N2CCCCC2)cc1. The van der Waals surface area contributed by atoms with E-state index in [9.17, 15) is 4.79 Å². The molecule has 4 heteroatoms. The molecule has 2 aromatic carbocycles. The standard InChI is InChI=1S/C24H32N2O2/c1-19-6-8-20(9-7-19)10-15-24(27)25-18-23(26-16-4-3-5-17-26)21-11-13-22(28-2)14-12-21/h6-9,11-14,23H,3-5,10,15-18H2,1-2H3,(H,25,27). The Morgan fingerprint density at radius 1 is 1.04 bits per heavy atom. The van der Waals surface area contributed by atoms with Gasteiger partial charge in [0, 0.05) is 13.0 Å². The predicted molar refractivity (Wildman–Crippen MR) is 114 cm³/mol. The van der Waals surface area contributed by atoms with Gasteiger partial charge in [-0.25, -0.2) is 0 Å². The minimum atomic E-state index is 0.121. The zero-order valence-electron chi connectivity index (χ0n) is 17.1. The van der Waals surface area contributed by atoms with Crippen molar-refractivity contribution >= 4 is 5.91 Å². The number of likely N-dealkylation sites (tertiary alicyclic amines) is 1. The Kier molecular flexibility index (Phi) is 7.49. The Labute approximate surface area is 168 Å². The van der Waals surface area contributed by atoms with E-state index in [4.69, 9.17) is 4.74 Å². The fourth-order valence-electron chi connectivity index (χ4n) is 3.83. The molecular formula is C24H32N2O2. The Morgan fingerprint density at radius 3 is 2.36 bits per heavy atom. The van der Waals surface area contributed by atoms with Crippen molar-refractivity contribution in [1.82, 2.24) is 10.2 Å². The van der Waals surface area contributed by atoms with E-state index < -0.39 is 0 Å². The highest BCUT2D eigenvalue weighted by Gasteiger charge is 2.22. The quantitative estimate of drug-likeness (QED) is 0.743. The van der Waals surface area contributed by atoms with Gasteiger partial charge in [-0.05, 0) is 62.5 Å². The number of piperidine rings is 1. The van der Waals surface area contributed by atoms with E-state index in [2.05, 4.69) is 53.5 Å². The Balaban J connectivity index is 1.58. The van der Waals surface area contributed by atoms with E-state index in [1.165, 1.54) is 36.0 Å². The molecule has 1 N–H and O–H groups in total. The van der Waals surface area contributed by atoms with Gasteiger partial charge in [0.05, 0.1) is 13.2 Å². The fourth-order valence-corrected chi connectivity index (χ4v) is 3.83. The largest absolute Gasteiger partial charge is 0.497 e. The third-order valence-corrected chi connectivity index (χ3v) is 5.59. The zero-order valence-corrected chi connectivity index (χ0v) is 17.1. The van der Waals surface area contributed by atoms with E-state index in [0.717, 1.165) is 25.3 Å². The lowest BCUT2D eigenvalue weighted by Gasteiger charge is -2.35. The Morgan fingerprint density at radius 2 is 1.71 bits per heavy atom. The molecule has 4 nitrogen and oxygen atoms in total. The summed E-state index contributed by atoms with van der Waals surface area (Å²) in [7, 11) is 1.69.